The number of nitrogens with zero attached hydrogens (tertiary/aromatic N) is 5. The van der Waals surface area contributed by atoms with E-state index in [-0.39, 0.29) is 25.7 Å². The van der Waals surface area contributed by atoms with Crippen LogP contribution < -0.4 is 0 Å². The van der Waals surface area contributed by atoms with Crippen LogP contribution >= 0.6 is 0 Å². The van der Waals surface area contributed by atoms with Gasteiger partial charge in [-0.1, -0.05) is 121 Å². The number of hydrogen-bond acceptors (Lipinski definition) is 5. The van der Waals surface area contributed by atoms with E-state index in [0.717, 1.165) is 81.6 Å². The minimum absolute atomic E-state index is 0. The van der Waals surface area contributed by atoms with Gasteiger partial charge >= 0.3 is 0 Å². The van der Waals surface area contributed by atoms with Gasteiger partial charge < -0.3 is 0 Å². The fraction of sp³-hybridized carbons (Fsp3) is 0.0862. The fourth-order valence-electron chi connectivity index (χ4n) is 8.16. The molecule has 0 spiro atoms. The Morgan fingerprint density at radius 3 is 1.42 bits per heavy atom. The molecule has 309 valence electrons. The molecule has 0 aliphatic heterocycles. The van der Waals surface area contributed by atoms with Crippen molar-refractivity contribution in [2.75, 3.05) is 0 Å². The van der Waals surface area contributed by atoms with Gasteiger partial charge in [-0.25, -0.2) is 0 Å². The summed E-state index contributed by atoms with van der Waals surface area (Å²) >= 11 is 0. The van der Waals surface area contributed by atoms with E-state index in [1.54, 1.807) is 18.2 Å². The van der Waals surface area contributed by atoms with Gasteiger partial charge in [-0.05, 0) is 148 Å². The Morgan fingerprint density at radius 2 is 0.906 bits per heavy atom. The van der Waals surface area contributed by atoms with Crippen LogP contribution in [0.25, 0.3) is 67.2 Å². The number of nitriles is 2. The van der Waals surface area contributed by atoms with Gasteiger partial charge in [0.2, 0.25) is 0 Å². The summed E-state index contributed by atoms with van der Waals surface area (Å²) in [5, 5.41) is 20.0. The van der Waals surface area contributed by atoms with Crippen LogP contribution in [0, 0.1) is 29.5 Å². The standard InChI is InChI=1S/C58H43N5.Ir/c1-40-12-27-58(63-39-40)49-25-26-54(55(36-49)51-34-45(37-59)31-46(35-51)38-60)53-9-3-2-8-52(53)50-32-43(15-13-41-17-21-47(22-18-41)56-10-4-6-28-61-56)30-44(33-50)16-14-42-19-23-48(24-20-42)57-11-5-7-29-62-57;/h2-12,17-36,39H,13-16H2,1H3;/i1D3;. The summed E-state index contributed by atoms with van der Waals surface area (Å²) in [6, 6.07) is 63.6. The molecule has 0 saturated heterocycles. The molecule has 0 fully saturated rings. The van der Waals surface area contributed by atoms with Crippen LogP contribution in [0.5, 0.6) is 0 Å². The van der Waals surface area contributed by atoms with E-state index in [1.165, 1.54) is 28.5 Å². The Kier molecular flexibility index (Phi) is 12.3. The Hall–Kier alpha value is -7.60. The summed E-state index contributed by atoms with van der Waals surface area (Å²) in [4.78, 5) is 13.6. The molecule has 3 aromatic heterocycles. The average Bonchev–Trinajstić information content (AvgIpc) is 3.37. The van der Waals surface area contributed by atoms with Crippen LogP contribution in [0.1, 0.15) is 43.1 Å². The maximum atomic E-state index is 10.0. The van der Waals surface area contributed by atoms with Gasteiger partial charge in [0.05, 0.1) is 40.3 Å². The molecule has 0 amide bonds. The molecule has 0 saturated carbocycles. The molecule has 0 aliphatic rings. The molecule has 3 heterocycles. The maximum Gasteiger partial charge on any atom is 0.0992 e. The molecule has 0 unspecified atom stereocenters. The largest absolute Gasteiger partial charge is 0.256 e. The van der Waals surface area contributed by atoms with Gasteiger partial charge in [-0.15, -0.1) is 0 Å². The third kappa shape index (κ3) is 10.0. The Morgan fingerprint density at radius 1 is 0.406 bits per heavy atom. The van der Waals surface area contributed by atoms with Crippen molar-refractivity contribution in [2.45, 2.75) is 32.5 Å². The molecule has 0 N–H and O–H groups in total. The van der Waals surface area contributed by atoms with Crippen LogP contribution in [0.2, 0.25) is 0 Å². The van der Waals surface area contributed by atoms with E-state index >= 15 is 0 Å². The molecule has 9 aromatic rings. The maximum absolute atomic E-state index is 10.0. The minimum atomic E-state index is -2.27. The Bertz CT molecular complexity index is 3090. The molecule has 5 nitrogen and oxygen atoms in total. The van der Waals surface area contributed by atoms with Crippen LogP contribution in [0.3, 0.4) is 0 Å². The first kappa shape index (κ1) is 39.3. The van der Waals surface area contributed by atoms with E-state index in [0.29, 0.717) is 22.4 Å². The second kappa shape index (κ2) is 20.1. The van der Waals surface area contributed by atoms with Crippen molar-refractivity contribution < 1.29 is 24.2 Å². The zero-order valence-electron chi connectivity index (χ0n) is 37.9. The van der Waals surface area contributed by atoms with Crippen molar-refractivity contribution in [3.8, 4) is 79.3 Å². The predicted octanol–water partition coefficient (Wildman–Crippen LogP) is 13.5. The molecule has 0 bridgehead atoms. The first-order valence-corrected chi connectivity index (χ1v) is 21.0. The van der Waals surface area contributed by atoms with Crippen LogP contribution in [-0.4, -0.2) is 15.0 Å². The molecular weight excluding hydrogens is 959 g/mol. The Balaban J connectivity index is 0.00000608. The second-order valence-electron chi connectivity index (χ2n) is 15.6. The second-order valence-corrected chi connectivity index (χ2v) is 15.6. The number of aromatic nitrogens is 3. The number of pyridine rings is 3. The molecule has 64 heavy (non-hydrogen) atoms. The summed E-state index contributed by atoms with van der Waals surface area (Å²) in [7, 11) is 0. The van der Waals surface area contributed by atoms with E-state index in [1.807, 2.05) is 79.1 Å². The molecule has 0 aliphatic carbocycles. The van der Waals surface area contributed by atoms with Crippen LogP contribution in [0.4, 0.5) is 0 Å². The minimum Gasteiger partial charge on any atom is -0.256 e. The topological polar surface area (TPSA) is 86.2 Å². The number of rotatable bonds is 12. The Labute approximate surface area is 393 Å². The van der Waals surface area contributed by atoms with Gasteiger partial charge in [0, 0.05) is 59.5 Å². The normalized spacial score (nSPS) is 11.6. The quantitative estimate of drug-likeness (QED) is 0.122. The number of benzene rings is 6. The monoisotopic (exact) mass is 1010 g/mol. The van der Waals surface area contributed by atoms with E-state index in [4.69, 9.17) is 4.11 Å². The zero-order valence-corrected chi connectivity index (χ0v) is 37.3. The summed E-state index contributed by atoms with van der Waals surface area (Å²) in [5.41, 5.74) is 16.9. The summed E-state index contributed by atoms with van der Waals surface area (Å²) in [5.74, 6) is 0. The third-order valence-electron chi connectivity index (χ3n) is 11.4. The summed E-state index contributed by atoms with van der Waals surface area (Å²) < 4.78 is 23.5. The molecular formula is C58H43IrN5. The van der Waals surface area contributed by atoms with Crippen molar-refractivity contribution in [3.63, 3.8) is 0 Å². The average molecular weight is 1010 g/mol. The molecule has 9 rings (SSSR count). The van der Waals surface area contributed by atoms with Gasteiger partial charge in [-0.3, -0.25) is 15.0 Å². The van der Waals surface area contributed by atoms with Crippen molar-refractivity contribution in [1.82, 2.24) is 15.0 Å². The number of aryl methyl sites for hydroxylation is 5. The van der Waals surface area contributed by atoms with E-state index in [9.17, 15) is 10.5 Å². The fourth-order valence-corrected chi connectivity index (χ4v) is 8.16. The van der Waals surface area contributed by atoms with Gasteiger partial charge in [0.1, 0.15) is 0 Å². The van der Waals surface area contributed by atoms with Crippen LogP contribution in [0.15, 0.2) is 195 Å². The molecule has 6 aromatic carbocycles. The molecule has 1 radical (unpaired) electrons. The SMILES string of the molecule is [2H]C([2H])([2H])c1ccc(-c2ccc(-c3ccccc3-c3cc(CCc4ccc(-c5ccccn5)cc4)cc(CCc4ccc(-c5ccccn5)cc4)c3)c(-c3cc(C#N)cc(C#N)c3)c2)nc1.[Ir]. The van der Waals surface area contributed by atoms with Crippen molar-refractivity contribution in [2.24, 2.45) is 0 Å². The smallest absolute Gasteiger partial charge is 0.0992 e. The van der Waals surface area contributed by atoms with Gasteiger partial charge in [0.25, 0.3) is 0 Å². The van der Waals surface area contributed by atoms with Crippen LogP contribution in [-0.2, 0) is 45.8 Å². The summed E-state index contributed by atoms with van der Waals surface area (Å²) in [6.07, 6.45) is 8.45. The van der Waals surface area contributed by atoms with Gasteiger partial charge in [-0.2, -0.15) is 10.5 Å². The van der Waals surface area contributed by atoms with Crippen molar-refractivity contribution in [3.05, 3.63) is 233 Å². The zero-order chi connectivity index (χ0) is 45.5. The van der Waals surface area contributed by atoms with E-state index in [2.05, 4.69) is 118 Å². The van der Waals surface area contributed by atoms with Crippen molar-refractivity contribution in [1.29, 1.82) is 10.5 Å². The third-order valence-corrected chi connectivity index (χ3v) is 11.4. The van der Waals surface area contributed by atoms with Crippen molar-refractivity contribution >= 4 is 0 Å². The van der Waals surface area contributed by atoms with E-state index < -0.39 is 6.85 Å². The first-order chi connectivity index (χ1) is 32.2. The predicted molar refractivity (Wildman–Crippen MR) is 254 cm³/mol. The first-order valence-electron chi connectivity index (χ1n) is 22.5. The number of hydrogen-bond donors (Lipinski definition) is 0. The van der Waals surface area contributed by atoms with Gasteiger partial charge in [0.15, 0.2) is 0 Å². The summed E-state index contributed by atoms with van der Waals surface area (Å²) in [6.45, 7) is -2.27. The molecule has 0 atom stereocenters. The molecule has 6 heteroatoms.